The monoisotopic (exact) mass is 349 g/mol. The molecule has 0 N–H and O–H groups in total. The average molecular weight is 351 g/mol. The highest BCUT2D eigenvalue weighted by Gasteiger charge is 2.11. The second kappa shape index (κ2) is 6.30. The van der Waals surface area contributed by atoms with Gasteiger partial charge in [-0.3, -0.25) is 0 Å². The van der Waals surface area contributed by atoms with Gasteiger partial charge in [-0.05, 0) is 49.2 Å². The normalized spacial score (nSPS) is 10.2. The highest BCUT2D eigenvalue weighted by Crippen LogP contribution is 2.34. The van der Waals surface area contributed by atoms with Gasteiger partial charge in [-0.25, -0.2) is 0 Å². The van der Waals surface area contributed by atoms with Gasteiger partial charge in [0.15, 0.2) is 0 Å². The van der Waals surface area contributed by atoms with Crippen molar-refractivity contribution in [2.45, 2.75) is 19.2 Å². The predicted octanol–water partition coefficient (Wildman–Crippen LogP) is 5.52. The summed E-state index contributed by atoms with van der Waals surface area (Å²) in [7, 11) is 0. The van der Waals surface area contributed by atoms with Gasteiger partial charge in [0.25, 0.3) is 0 Å². The molecule has 0 aromatic heterocycles. The maximum absolute atomic E-state index is 8.97. The van der Waals surface area contributed by atoms with Crippen molar-refractivity contribution >= 4 is 27.5 Å². The van der Waals surface area contributed by atoms with Crippen molar-refractivity contribution in [1.29, 1.82) is 5.26 Å². The molecule has 0 aliphatic carbocycles. The number of hydrogen-bond donors (Lipinski definition) is 0. The highest BCUT2D eigenvalue weighted by molar-refractivity contribution is 9.08. The summed E-state index contributed by atoms with van der Waals surface area (Å²) in [5.41, 5.74) is 3.53. The first kappa shape index (κ1) is 14.9. The van der Waals surface area contributed by atoms with Crippen LogP contribution in [-0.2, 0) is 5.33 Å². The summed E-state index contributed by atoms with van der Waals surface area (Å²) in [6.45, 7) is 3.86. The summed E-state index contributed by atoms with van der Waals surface area (Å²) in [5, 5.41) is 10.3. The maximum atomic E-state index is 8.97. The fourth-order valence-corrected chi connectivity index (χ4v) is 2.64. The Bertz CT molecular complexity index is 668. The van der Waals surface area contributed by atoms with Crippen molar-refractivity contribution in [3.63, 3.8) is 0 Å². The number of aryl methyl sites for hydroxylation is 2. The molecule has 102 valence electrons. The minimum atomic E-state index is 0.633. The van der Waals surface area contributed by atoms with E-state index >= 15 is 0 Å². The summed E-state index contributed by atoms with van der Waals surface area (Å²) >= 11 is 9.47. The lowest BCUT2D eigenvalue weighted by molar-refractivity contribution is 0.471. The van der Waals surface area contributed by atoms with Crippen LogP contribution in [0.15, 0.2) is 30.3 Å². The minimum Gasteiger partial charge on any atom is -0.456 e. The van der Waals surface area contributed by atoms with Gasteiger partial charge < -0.3 is 4.74 Å². The van der Waals surface area contributed by atoms with Crippen molar-refractivity contribution in [3.05, 3.63) is 57.6 Å². The van der Waals surface area contributed by atoms with Gasteiger partial charge in [0.05, 0.1) is 11.6 Å². The van der Waals surface area contributed by atoms with Gasteiger partial charge in [-0.1, -0.05) is 33.6 Å². The second-order valence-electron chi connectivity index (χ2n) is 4.54. The Hall–Kier alpha value is -1.50. The Balaban J connectivity index is 2.45. The van der Waals surface area contributed by atoms with E-state index in [9.17, 15) is 0 Å². The molecule has 0 unspecified atom stereocenters. The summed E-state index contributed by atoms with van der Waals surface area (Å²) in [6.07, 6.45) is 0. The number of alkyl halides is 1. The molecule has 0 atom stereocenters. The third-order valence-corrected chi connectivity index (χ3v) is 3.81. The van der Waals surface area contributed by atoms with Crippen molar-refractivity contribution in [2.24, 2.45) is 0 Å². The van der Waals surface area contributed by atoms with E-state index < -0.39 is 0 Å². The molecule has 0 amide bonds. The lowest BCUT2D eigenvalue weighted by Crippen LogP contribution is -1.95. The first-order chi connectivity index (χ1) is 9.55. The molecule has 2 aromatic rings. The van der Waals surface area contributed by atoms with E-state index in [-0.39, 0.29) is 0 Å². The Morgan fingerprint density at radius 1 is 1.20 bits per heavy atom. The molecule has 0 radical (unpaired) electrons. The zero-order chi connectivity index (χ0) is 14.7. The molecule has 0 aliphatic heterocycles. The largest absolute Gasteiger partial charge is 0.456 e. The van der Waals surface area contributed by atoms with Crippen molar-refractivity contribution in [2.75, 3.05) is 0 Å². The van der Waals surface area contributed by atoms with Crippen LogP contribution in [0, 0.1) is 25.2 Å². The van der Waals surface area contributed by atoms with Crippen LogP contribution in [0.2, 0.25) is 5.02 Å². The van der Waals surface area contributed by atoms with Crippen LogP contribution in [0.5, 0.6) is 11.5 Å². The van der Waals surface area contributed by atoms with E-state index in [1.165, 1.54) is 0 Å². The Kier molecular flexibility index (Phi) is 4.69. The highest BCUT2D eigenvalue weighted by atomic mass is 79.9. The molecule has 0 bridgehead atoms. The molecule has 2 rings (SSSR count). The van der Waals surface area contributed by atoms with Gasteiger partial charge in [-0.2, -0.15) is 5.26 Å². The van der Waals surface area contributed by atoms with E-state index in [2.05, 4.69) is 22.0 Å². The zero-order valence-electron chi connectivity index (χ0n) is 11.2. The summed E-state index contributed by atoms with van der Waals surface area (Å²) in [5.74, 6) is 1.50. The molecule has 0 saturated heterocycles. The number of nitrogens with zero attached hydrogens (tertiary/aromatic N) is 1. The van der Waals surface area contributed by atoms with Gasteiger partial charge in [0.2, 0.25) is 0 Å². The minimum absolute atomic E-state index is 0.633. The van der Waals surface area contributed by atoms with Gasteiger partial charge in [0, 0.05) is 15.9 Å². The Labute approximate surface area is 132 Å². The van der Waals surface area contributed by atoms with Crippen LogP contribution in [-0.4, -0.2) is 0 Å². The van der Waals surface area contributed by atoms with Crippen molar-refractivity contribution in [3.8, 4) is 17.6 Å². The Morgan fingerprint density at radius 3 is 2.40 bits per heavy atom. The molecule has 0 saturated carbocycles. The van der Waals surface area contributed by atoms with Crippen molar-refractivity contribution < 1.29 is 4.74 Å². The maximum Gasteiger partial charge on any atom is 0.133 e. The van der Waals surface area contributed by atoms with E-state index in [1.54, 1.807) is 6.07 Å². The number of halogens is 2. The first-order valence-corrected chi connectivity index (χ1v) is 7.58. The molecule has 0 aliphatic rings. The van der Waals surface area contributed by atoms with E-state index in [1.807, 2.05) is 38.1 Å². The molecule has 4 heteroatoms. The van der Waals surface area contributed by atoms with Crippen LogP contribution in [0.1, 0.15) is 22.3 Å². The SMILES string of the molecule is Cc1cc(C#N)cc(C)c1Oc1cc(Cl)ccc1CBr. The molecule has 0 spiro atoms. The lowest BCUT2D eigenvalue weighted by atomic mass is 10.1. The van der Waals surface area contributed by atoms with E-state index in [0.29, 0.717) is 15.9 Å². The number of benzene rings is 2. The third kappa shape index (κ3) is 3.15. The first-order valence-electron chi connectivity index (χ1n) is 6.08. The molecule has 20 heavy (non-hydrogen) atoms. The molecule has 2 nitrogen and oxygen atoms in total. The standard InChI is InChI=1S/C16H13BrClNO/c1-10-5-12(9-19)6-11(2)16(10)20-15-7-14(18)4-3-13(15)8-17/h3-7H,8H2,1-2H3. The topological polar surface area (TPSA) is 33.0 Å². The quantitative estimate of drug-likeness (QED) is 0.683. The van der Waals surface area contributed by atoms with Gasteiger partial charge in [0.1, 0.15) is 11.5 Å². The summed E-state index contributed by atoms with van der Waals surface area (Å²) in [4.78, 5) is 0. The van der Waals surface area contributed by atoms with Gasteiger partial charge in [-0.15, -0.1) is 0 Å². The zero-order valence-corrected chi connectivity index (χ0v) is 13.5. The second-order valence-corrected chi connectivity index (χ2v) is 5.54. The van der Waals surface area contributed by atoms with Crippen LogP contribution >= 0.6 is 27.5 Å². The number of ether oxygens (including phenoxy) is 1. The van der Waals surface area contributed by atoms with E-state index in [4.69, 9.17) is 21.6 Å². The number of hydrogen-bond acceptors (Lipinski definition) is 2. The van der Waals surface area contributed by atoms with Gasteiger partial charge >= 0.3 is 0 Å². The lowest BCUT2D eigenvalue weighted by Gasteiger charge is -2.14. The molecular weight excluding hydrogens is 338 g/mol. The number of rotatable bonds is 3. The smallest absolute Gasteiger partial charge is 0.133 e. The van der Waals surface area contributed by atoms with Crippen molar-refractivity contribution in [1.82, 2.24) is 0 Å². The van der Waals surface area contributed by atoms with Crippen LogP contribution in [0.25, 0.3) is 0 Å². The third-order valence-electron chi connectivity index (χ3n) is 2.97. The predicted molar refractivity (Wildman–Crippen MR) is 84.8 cm³/mol. The van der Waals surface area contributed by atoms with Crippen LogP contribution in [0.4, 0.5) is 0 Å². The van der Waals surface area contributed by atoms with Crippen LogP contribution in [0.3, 0.4) is 0 Å². The molecular formula is C16H13BrClNO. The summed E-state index contributed by atoms with van der Waals surface area (Å²) < 4.78 is 6.02. The van der Waals surface area contributed by atoms with Crippen LogP contribution < -0.4 is 4.74 Å². The fraction of sp³-hybridized carbons (Fsp3) is 0.188. The molecule has 0 heterocycles. The molecule has 0 fully saturated rings. The molecule has 2 aromatic carbocycles. The average Bonchev–Trinajstić information content (AvgIpc) is 2.42. The fourth-order valence-electron chi connectivity index (χ4n) is 2.02. The Morgan fingerprint density at radius 2 is 1.85 bits per heavy atom. The summed E-state index contributed by atoms with van der Waals surface area (Å²) in [6, 6.07) is 11.4. The number of nitriles is 1. The van der Waals surface area contributed by atoms with E-state index in [0.717, 1.165) is 28.2 Å².